The van der Waals surface area contributed by atoms with Crippen LogP contribution in [-0.2, 0) is 0 Å². The Morgan fingerprint density at radius 1 is 1.22 bits per heavy atom. The van der Waals surface area contributed by atoms with Crippen molar-refractivity contribution >= 4 is 23.2 Å². The molecule has 1 aliphatic heterocycles. The summed E-state index contributed by atoms with van der Waals surface area (Å²) in [5, 5.41) is 4.88. The number of fused-ring (bicyclic) bond motifs is 1. The van der Waals surface area contributed by atoms with E-state index >= 15 is 0 Å². The minimum Gasteiger partial charge on any atom is -0.353 e. The fourth-order valence-electron chi connectivity index (χ4n) is 2.21. The minimum atomic E-state index is 0.603. The lowest BCUT2D eigenvalue weighted by Gasteiger charge is -2.34. The Morgan fingerprint density at radius 3 is 2.67 bits per heavy atom. The van der Waals surface area contributed by atoms with Crippen LogP contribution in [0.25, 0.3) is 5.78 Å². The third-order valence-electron chi connectivity index (χ3n) is 3.31. The number of piperazine rings is 1. The van der Waals surface area contributed by atoms with Crippen molar-refractivity contribution in [3.8, 4) is 0 Å². The lowest BCUT2D eigenvalue weighted by atomic mass is 10.3. The van der Waals surface area contributed by atoms with Crippen LogP contribution in [-0.4, -0.2) is 57.7 Å². The van der Waals surface area contributed by atoms with Gasteiger partial charge in [0.05, 0.1) is 5.69 Å². The predicted molar refractivity (Wildman–Crippen MR) is 70.2 cm³/mol. The van der Waals surface area contributed by atoms with Crippen molar-refractivity contribution in [2.45, 2.75) is 6.92 Å². The van der Waals surface area contributed by atoms with Crippen molar-refractivity contribution in [3.63, 3.8) is 0 Å². The number of rotatable bonds is 1. The lowest BCUT2D eigenvalue weighted by Crippen LogP contribution is -2.45. The monoisotopic (exact) mass is 266 g/mol. The highest BCUT2D eigenvalue weighted by Crippen LogP contribution is 2.28. The molecule has 0 aliphatic carbocycles. The number of nitrogens with zero attached hydrogens (tertiary/aromatic N) is 6. The van der Waals surface area contributed by atoms with Crippen molar-refractivity contribution in [2.75, 3.05) is 38.1 Å². The van der Waals surface area contributed by atoms with Gasteiger partial charge in [-0.3, -0.25) is 0 Å². The van der Waals surface area contributed by atoms with Crippen LogP contribution in [0.1, 0.15) is 5.69 Å². The smallest absolute Gasteiger partial charge is 0.254 e. The second kappa shape index (κ2) is 4.37. The number of aromatic nitrogens is 4. The van der Waals surface area contributed by atoms with E-state index in [1.807, 2.05) is 6.92 Å². The molecule has 3 heterocycles. The first kappa shape index (κ1) is 11.7. The van der Waals surface area contributed by atoms with Crippen LogP contribution in [0, 0.1) is 6.92 Å². The first-order chi connectivity index (χ1) is 8.66. The normalized spacial score (nSPS) is 17.6. The summed E-state index contributed by atoms with van der Waals surface area (Å²) >= 11 is 6.39. The second-order valence-electron chi connectivity index (χ2n) is 4.60. The van der Waals surface area contributed by atoms with Crippen molar-refractivity contribution in [3.05, 3.63) is 17.0 Å². The summed E-state index contributed by atoms with van der Waals surface area (Å²) in [4.78, 5) is 13.0. The molecule has 0 bridgehead atoms. The fraction of sp³-hybridized carbons (Fsp3) is 0.545. The molecular formula is C11H15ClN6. The molecule has 0 radical (unpaired) electrons. The molecule has 1 aliphatic rings. The van der Waals surface area contributed by atoms with Crippen LogP contribution in [0.5, 0.6) is 0 Å². The Balaban J connectivity index is 2.09. The lowest BCUT2D eigenvalue weighted by molar-refractivity contribution is 0.311. The molecule has 18 heavy (non-hydrogen) atoms. The van der Waals surface area contributed by atoms with E-state index in [0.29, 0.717) is 10.8 Å². The highest BCUT2D eigenvalue weighted by Gasteiger charge is 2.22. The number of anilines is 1. The van der Waals surface area contributed by atoms with E-state index in [1.165, 1.54) is 6.33 Å². The molecule has 2 aromatic rings. The zero-order chi connectivity index (χ0) is 12.7. The Bertz CT molecular complexity index is 572. The number of hydrogen-bond acceptors (Lipinski definition) is 5. The van der Waals surface area contributed by atoms with Gasteiger partial charge in [-0.05, 0) is 14.0 Å². The van der Waals surface area contributed by atoms with Gasteiger partial charge in [0.15, 0.2) is 5.82 Å². The standard InChI is InChI=1S/C11H15ClN6/c1-8-9(12)10(17-5-3-16(2)4-6-17)18-11(15-8)13-7-14-18/h7H,3-6H2,1-2H3. The van der Waals surface area contributed by atoms with Crippen LogP contribution in [0.15, 0.2) is 6.33 Å². The Morgan fingerprint density at radius 2 is 1.94 bits per heavy atom. The molecular weight excluding hydrogens is 252 g/mol. The van der Waals surface area contributed by atoms with Gasteiger partial charge in [-0.1, -0.05) is 11.6 Å². The molecule has 7 heteroatoms. The van der Waals surface area contributed by atoms with Crippen LogP contribution >= 0.6 is 11.6 Å². The van der Waals surface area contributed by atoms with Gasteiger partial charge in [0, 0.05) is 26.2 Å². The van der Waals surface area contributed by atoms with Crippen molar-refractivity contribution in [2.24, 2.45) is 0 Å². The highest BCUT2D eigenvalue weighted by atomic mass is 35.5. The van der Waals surface area contributed by atoms with Gasteiger partial charge in [0.25, 0.3) is 5.78 Å². The summed E-state index contributed by atoms with van der Waals surface area (Å²) in [6, 6.07) is 0. The molecule has 0 unspecified atom stereocenters. The molecule has 2 aromatic heterocycles. The van der Waals surface area contributed by atoms with Gasteiger partial charge in [-0.15, -0.1) is 0 Å². The molecule has 6 nitrogen and oxygen atoms in total. The number of likely N-dealkylation sites (N-methyl/N-ethyl adjacent to an activating group) is 1. The van der Waals surface area contributed by atoms with E-state index in [2.05, 4.69) is 31.9 Å². The maximum absolute atomic E-state index is 6.39. The average Bonchev–Trinajstić information content (AvgIpc) is 2.80. The summed E-state index contributed by atoms with van der Waals surface area (Å²) in [6.45, 7) is 5.82. The SMILES string of the molecule is Cc1nc2ncnn2c(N2CCN(C)CC2)c1Cl. The molecule has 1 saturated heterocycles. The van der Waals surface area contributed by atoms with E-state index in [-0.39, 0.29) is 0 Å². The zero-order valence-corrected chi connectivity index (χ0v) is 11.2. The fourth-order valence-corrected chi connectivity index (χ4v) is 2.45. The van der Waals surface area contributed by atoms with Crippen molar-refractivity contribution < 1.29 is 0 Å². The first-order valence-electron chi connectivity index (χ1n) is 5.96. The van der Waals surface area contributed by atoms with Gasteiger partial charge >= 0.3 is 0 Å². The Hall–Kier alpha value is -1.40. The van der Waals surface area contributed by atoms with Gasteiger partial charge < -0.3 is 9.80 Å². The van der Waals surface area contributed by atoms with Crippen LogP contribution < -0.4 is 4.90 Å². The van der Waals surface area contributed by atoms with Crippen LogP contribution in [0.4, 0.5) is 5.82 Å². The summed E-state index contributed by atoms with van der Waals surface area (Å²) in [5.74, 6) is 1.51. The summed E-state index contributed by atoms with van der Waals surface area (Å²) in [5.41, 5.74) is 0.797. The van der Waals surface area contributed by atoms with Gasteiger partial charge in [0.1, 0.15) is 11.3 Å². The van der Waals surface area contributed by atoms with E-state index < -0.39 is 0 Å². The molecule has 0 spiro atoms. The van der Waals surface area contributed by atoms with E-state index in [0.717, 1.165) is 37.7 Å². The molecule has 0 atom stereocenters. The molecule has 96 valence electrons. The molecule has 0 saturated carbocycles. The molecule has 0 N–H and O–H groups in total. The largest absolute Gasteiger partial charge is 0.353 e. The molecule has 1 fully saturated rings. The number of halogens is 1. The van der Waals surface area contributed by atoms with Gasteiger partial charge in [0.2, 0.25) is 0 Å². The molecule has 0 amide bonds. The summed E-state index contributed by atoms with van der Waals surface area (Å²) in [7, 11) is 2.13. The number of hydrogen-bond donors (Lipinski definition) is 0. The van der Waals surface area contributed by atoms with Crippen molar-refractivity contribution in [1.82, 2.24) is 24.5 Å². The molecule has 0 aromatic carbocycles. The second-order valence-corrected chi connectivity index (χ2v) is 4.97. The van der Waals surface area contributed by atoms with E-state index in [1.54, 1.807) is 4.52 Å². The zero-order valence-electron chi connectivity index (χ0n) is 10.5. The number of aryl methyl sites for hydroxylation is 1. The maximum atomic E-state index is 6.39. The first-order valence-corrected chi connectivity index (χ1v) is 6.34. The Kier molecular flexibility index (Phi) is 2.83. The predicted octanol–water partition coefficient (Wildman–Crippen LogP) is 0.838. The van der Waals surface area contributed by atoms with Gasteiger partial charge in [-0.25, -0.2) is 4.98 Å². The van der Waals surface area contributed by atoms with Crippen LogP contribution in [0.3, 0.4) is 0 Å². The van der Waals surface area contributed by atoms with Gasteiger partial charge in [-0.2, -0.15) is 14.6 Å². The third-order valence-corrected chi connectivity index (χ3v) is 3.76. The summed E-state index contributed by atoms with van der Waals surface area (Å²) < 4.78 is 1.72. The van der Waals surface area contributed by atoms with E-state index in [9.17, 15) is 0 Å². The summed E-state index contributed by atoms with van der Waals surface area (Å²) in [6.07, 6.45) is 1.51. The topological polar surface area (TPSA) is 49.6 Å². The van der Waals surface area contributed by atoms with Crippen molar-refractivity contribution in [1.29, 1.82) is 0 Å². The Labute approximate surface area is 110 Å². The average molecular weight is 267 g/mol. The van der Waals surface area contributed by atoms with E-state index in [4.69, 9.17) is 11.6 Å². The minimum absolute atomic E-state index is 0.603. The quantitative estimate of drug-likeness (QED) is 0.766. The molecule has 3 rings (SSSR count). The maximum Gasteiger partial charge on any atom is 0.254 e. The highest BCUT2D eigenvalue weighted by molar-refractivity contribution is 6.33. The van der Waals surface area contributed by atoms with Crippen LogP contribution in [0.2, 0.25) is 5.02 Å². The third kappa shape index (κ3) is 1.81.